The summed E-state index contributed by atoms with van der Waals surface area (Å²) >= 11 is 3.32. The molecule has 0 saturated carbocycles. The molecule has 0 aromatic heterocycles. The molecule has 2 N–H and O–H groups in total. The summed E-state index contributed by atoms with van der Waals surface area (Å²) in [4.78, 5) is 11.0. The summed E-state index contributed by atoms with van der Waals surface area (Å²) in [6, 6.07) is 4.87. The van der Waals surface area contributed by atoms with Crippen LogP contribution in [0.1, 0.15) is 18.4 Å². The van der Waals surface area contributed by atoms with Gasteiger partial charge in [0.1, 0.15) is 5.82 Å². The molecule has 1 aromatic carbocycles. The zero-order valence-electron chi connectivity index (χ0n) is 9.30. The van der Waals surface area contributed by atoms with Gasteiger partial charge in [-0.3, -0.25) is 4.79 Å². The molecule has 0 radical (unpaired) electrons. The van der Waals surface area contributed by atoms with Crippen LogP contribution in [0.15, 0.2) is 22.7 Å². The Hall–Kier alpha value is -0.940. The molecule has 3 nitrogen and oxygen atoms in total. The number of nitrogens with one attached hydrogen (secondary N) is 2. The summed E-state index contributed by atoms with van der Waals surface area (Å²) in [6.07, 6.45) is 1.50. The van der Waals surface area contributed by atoms with Gasteiger partial charge in [0.15, 0.2) is 0 Å². The maximum absolute atomic E-state index is 12.9. The monoisotopic (exact) mass is 300 g/mol. The number of carbonyl (C=O) groups excluding carboxylic acids is 1. The van der Waals surface area contributed by atoms with Gasteiger partial charge >= 0.3 is 0 Å². The molecule has 1 aliphatic heterocycles. The van der Waals surface area contributed by atoms with E-state index in [1.807, 2.05) is 0 Å². The van der Waals surface area contributed by atoms with Gasteiger partial charge < -0.3 is 10.6 Å². The minimum atomic E-state index is -0.247. The quantitative estimate of drug-likeness (QED) is 0.892. The smallest absolute Gasteiger partial charge is 0.220 e. The van der Waals surface area contributed by atoms with E-state index in [2.05, 4.69) is 26.6 Å². The summed E-state index contributed by atoms with van der Waals surface area (Å²) in [5.41, 5.74) is 1.01. The van der Waals surface area contributed by atoms with E-state index in [0.717, 1.165) is 23.0 Å². The highest BCUT2D eigenvalue weighted by Gasteiger charge is 2.19. The number of carbonyl (C=O) groups is 1. The molecule has 1 aliphatic rings. The highest BCUT2D eigenvalue weighted by molar-refractivity contribution is 9.10. The van der Waals surface area contributed by atoms with Crippen molar-refractivity contribution in [1.82, 2.24) is 10.6 Å². The Kier molecular flexibility index (Phi) is 4.12. The molecular weight excluding hydrogens is 287 g/mol. The van der Waals surface area contributed by atoms with Crippen LogP contribution >= 0.6 is 15.9 Å². The first kappa shape index (κ1) is 12.5. The minimum absolute atomic E-state index is 0.125. The topological polar surface area (TPSA) is 41.1 Å². The molecule has 1 saturated heterocycles. The summed E-state index contributed by atoms with van der Waals surface area (Å²) in [7, 11) is 0. The van der Waals surface area contributed by atoms with Crippen LogP contribution in [0, 0.1) is 5.82 Å². The third kappa shape index (κ3) is 3.51. The van der Waals surface area contributed by atoms with Gasteiger partial charge in [-0.25, -0.2) is 4.39 Å². The molecule has 1 atom stereocenters. The molecule has 1 aromatic rings. The van der Waals surface area contributed by atoms with Crippen molar-refractivity contribution >= 4 is 21.8 Å². The zero-order valence-corrected chi connectivity index (χ0v) is 10.9. The van der Waals surface area contributed by atoms with Crippen molar-refractivity contribution in [1.29, 1.82) is 0 Å². The maximum Gasteiger partial charge on any atom is 0.220 e. The Bertz CT molecular complexity index is 425. The van der Waals surface area contributed by atoms with Crippen molar-refractivity contribution in [2.24, 2.45) is 0 Å². The Morgan fingerprint density at radius 2 is 2.35 bits per heavy atom. The van der Waals surface area contributed by atoms with E-state index in [9.17, 15) is 9.18 Å². The summed E-state index contributed by atoms with van der Waals surface area (Å²) in [5, 5.41) is 6.15. The van der Waals surface area contributed by atoms with Crippen molar-refractivity contribution in [2.45, 2.75) is 25.4 Å². The number of rotatable bonds is 4. The Morgan fingerprint density at radius 3 is 3.00 bits per heavy atom. The van der Waals surface area contributed by atoms with Crippen LogP contribution in [-0.2, 0) is 11.3 Å². The molecule has 1 heterocycles. The third-order valence-corrected chi connectivity index (χ3v) is 3.54. The van der Waals surface area contributed by atoms with Crippen LogP contribution in [0.4, 0.5) is 4.39 Å². The fraction of sp³-hybridized carbons (Fsp3) is 0.417. The first-order valence-electron chi connectivity index (χ1n) is 5.59. The third-order valence-electron chi connectivity index (χ3n) is 2.81. The van der Waals surface area contributed by atoms with Crippen LogP contribution in [-0.4, -0.2) is 18.5 Å². The second-order valence-electron chi connectivity index (χ2n) is 4.17. The van der Waals surface area contributed by atoms with E-state index in [0.29, 0.717) is 13.0 Å². The van der Waals surface area contributed by atoms with Gasteiger partial charge in [0.05, 0.1) is 0 Å². The van der Waals surface area contributed by atoms with E-state index in [-0.39, 0.29) is 17.8 Å². The molecule has 5 heteroatoms. The molecule has 1 fully saturated rings. The van der Waals surface area contributed by atoms with Crippen molar-refractivity contribution in [3.05, 3.63) is 34.1 Å². The molecule has 0 spiro atoms. The average Bonchev–Trinajstić information content (AvgIpc) is 2.68. The second-order valence-corrected chi connectivity index (χ2v) is 5.02. The molecule has 92 valence electrons. The lowest BCUT2D eigenvalue weighted by Crippen LogP contribution is -2.35. The predicted octanol–water partition coefficient (Wildman–Crippen LogP) is 1.96. The molecule has 0 bridgehead atoms. The van der Waals surface area contributed by atoms with Crippen LogP contribution in [0.3, 0.4) is 0 Å². The number of benzene rings is 1. The minimum Gasteiger partial charge on any atom is -0.352 e. The number of hydrogen-bond donors (Lipinski definition) is 2. The number of hydrogen-bond acceptors (Lipinski definition) is 2. The van der Waals surface area contributed by atoms with Crippen molar-refractivity contribution in [3.63, 3.8) is 0 Å². The SMILES string of the molecule is O=C1CCC(CNCc2ccc(F)cc2Br)N1. The van der Waals surface area contributed by atoms with Crippen molar-refractivity contribution in [2.75, 3.05) is 6.54 Å². The van der Waals surface area contributed by atoms with Crippen LogP contribution in [0.25, 0.3) is 0 Å². The lowest BCUT2D eigenvalue weighted by molar-refractivity contribution is -0.119. The fourth-order valence-corrected chi connectivity index (χ4v) is 2.37. The standard InChI is InChI=1S/C12H14BrFN2O/c13-11-5-9(14)2-1-8(11)6-15-7-10-3-4-12(17)16-10/h1-2,5,10,15H,3-4,6-7H2,(H,16,17). The summed E-state index contributed by atoms with van der Waals surface area (Å²) in [5.74, 6) is -0.122. The number of halogens is 2. The fourth-order valence-electron chi connectivity index (χ4n) is 1.88. The highest BCUT2D eigenvalue weighted by atomic mass is 79.9. The van der Waals surface area contributed by atoms with Crippen molar-refractivity contribution < 1.29 is 9.18 Å². The lowest BCUT2D eigenvalue weighted by atomic mass is 10.2. The van der Waals surface area contributed by atoms with E-state index < -0.39 is 0 Å². The van der Waals surface area contributed by atoms with Gasteiger partial charge in [0.25, 0.3) is 0 Å². The van der Waals surface area contributed by atoms with Gasteiger partial charge in [0.2, 0.25) is 5.91 Å². The molecule has 0 aliphatic carbocycles. The molecule has 17 heavy (non-hydrogen) atoms. The first-order chi connectivity index (χ1) is 8.15. The van der Waals surface area contributed by atoms with Crippen LogP contribution in [0.2, 0.25) is 0 Å². The molecule has 1 unspecified atom stereocenters. The highest BCUT2D eigenvalue weighted by Crippen LogP contribution is 2.17. The van der Waals surface area contributed by atoms with Crippen molar-refractivity contribution in [3.8, 4) is 0 Å². The zero-order chi connectivity index (χ0) is 12.3. The van der Waals surface area contributed by atoms with Gasteiger partial charge in [-0.2, -0.15) is 0 Å². The largest absolute Gasteiger partial charge is 0.352 e. The van der Waals surface area contributed by atoms with Crippen LogP contribution in [0.5, 0.6) is 0 Å². The second kappa shape index (κ2) is 5.60. The normalized spacial score (nSPS) is 19.4. The summed E-state index contributed by atoms with van der Waals surface area (Å²) < 4.78 is 13.6. The van der Waals surface area contributed by atoms with Gasteiger partial charge in [-0.15, -0.1) is 0 Å². The Balaban J connectivity index is 1.80. The van der Waals surface area contributed by atoms with E-state index in [4.69, 9.17) is 0 Å². The average molecular weight is 301 g/mol. The summed E-state index contributed by atoms with van der Waals surface area (Å²) in [6.45, 7) is 1.41. The molecule has 1 amide bonds. The van der Waals surface area contributed by atoms with Gasteiger partial charge in [-0.05, 0) is 24.1 Å². The molecule has 2 rings (SSSR count). The Labute approximate surface area is 108 Å². The first-order valence-corrected chi connectivity index (χ1v) is 6.38. The number of amides is 1. The van der Waals surface area contributed by atoms with Gasteiger partial charge in [-0.1, -0.05) is 22.0 Å². The van der Waals surface area contributed by atoms with Crippen LogP contribution < -0.4 is 10.6 Å². The van der Waals surface area contributed by atoms with E-state index >= 15 is 0 Å². The van der Waals surface area contributed by atoms with E-state index in [1.165, 1.54) is 12.1 Å². The van der Waals surface area contributed by atoms with E-state index in [1.54, 1.807) is 6.07 Å². The lowest BCUT2D eigenvalue weighted by Gasteiger charge is -2.12. The Morgan fingerprint density at radius 1 is 1.53 bits per heavy atom. The maximum atomic E-state index is 12.9. The predicted molar refractivity (Wildman–Crippen MR) is 67.0 cm³/mol. The molecular formula is C12H14BrFN2O. The van der Waals surface area contributed by atoms with Gasteiger partial charge in [0, 0.05) is 30.0 Å².